The Morgan fingerprint density at radius 3 is 3.10 bits per heavy atom. The van der Waals surface area contributed by atoms with E-state index in [1.165, 1.54) is 6.26 Å². The molecule has 1 fully saturated rings. The van der Waals surface area contributed by atoms with Crippen molar-refractivity contribution < 1.29 is 13.9 Å². The quantitative estimate of drug-likeness (QED) is 0.802. The van der Waals surface area contributed by atoms with E-state index in [4.69, 9.17) is 9.15 Å². The molecule has 1 aromatic rings. The van der Waals surface area contributed by atoms with Crippen molar-refractivity contribution in [3.05, 3.63) is 12.0 Å². The number of nitrogens with one attached hydrogen (secondary N) is 1. The number of anilines is 1. The molecule has 6 heteroatoms. The first-order chi connectivity index (χ1) is 9.76. The molecule has 1 aliphatic heterocycles. The summed E-state index contributed by atoms with van der Waals surface area (Å²) in [6.45, 7) is 7.10. The lowest BCUT2D eigenvalue weighted by Gasteiger charge is -2.33. The molecule has 2 heterocycles. The number of nitrogens with zero attached hydrogens (tertiary/aromatic N) is 2. The van der Waals surface area contributed by atoms with Crippen LogP contribution in [0.3, 0.4) is 0 Å². The van der Waals surface area contributed by atoms with Gasteiger partial charge in [0, 0.05) is 19.1 Å². The number of aromatic nitrogens is 1. The minimum absolute atomic E-state index is 0.242. The summed E-state index contributed by atoms with van der Waals surface area (Å²) < 4.78 is 10.4. The summed E-state index contributed by atoms with van der Waals surface area (Å²) in [7, 11) is 0. The van der Waals surface area contributed by atoms with Gasteiger partial charge in [-0.2, -0.15) is 4.98 Å². The van der Waals surface area contributed by atoms with Gasteiger partial charge in [-0.25, -0.2) is 4.79 Å². The summed E-state index contributed by atoms with van der Waals surface area (Å²) in [6.07, 6.45) is 4.65. The van der Waals surface area contributed by atoms with Crippen molar-refractivity contribution in [1.29, 1.82) is 0 Å². The maximum Gasteiger partial charge on any atom is 0.360 e. The molecule has 0 aliphatic carbocycles. The summed E-state index contributed by atoms with van der Waals surface area (Å²) in [5, 5.41) is 3.39. The van der Waals surface area contributed by atoms with Crippen LogP contribution in [0.25, 0.3) is 0 Å². The first-order valence-corrected chi connectivity index (χ1v) is 7.36. The highest BCUT2D eigenvalue weighted by atomic mass is 16.5. The topological polar surface area (TPSA) is 67.6 Å². The summed E-state index contributed by atoms with van der Waals surface area (Å²) in [5.74, 6) is -0.430. The van der Waals surface area contributed by atoms with E-state index in [0.29, 0.717) is 18.7 Å². The Morgan fingerprint density at radius 2 is 2.45 bits per heavy atom. The Balaban J connectivity index is 2.10. The molecule has 1 N–H and O–H groups in total. The third-order valence-electron chi connectivity index (χ3n) is 3.40. The van der Waals surface area contributed by atoms with Gasteiger partial charge in [-0.05, 0) is 32.7 Å². The van der Waals surface area contributed by atoms with E-state index in [9.17, 15) is 4.79 Å². The maximum atomic E-state index is 11.6. The van der Waals surface area contributed by atoms with Gasteiger partial charge in [0.15, 0.2) is 5.69 Å². The highest BCUT2D eigenvalue weighted by molar-refractivity contribution is 5.87. The number of esters is 1. The second kappa shape index (κ2) is 7.28. The first-order valence-electron chi connectivity index (χ1n) is 7.36. The fraction of sp³-hybridized carbons (Fsp3) is 0.714. The van der Waals surface area contributed by atoms with Crippen LogP contribution in [-0.2, 0) is 4.74 Å². The van der Waals surface area contributed by atoms with E-state index in [1.807, 2.05) is 0 Å². The molecule has 1 atom stereocenters. The van der Waals surface area contributed by atoms with Crippen LogP contribution in [0.2, 0.25) is 0 Å². The van der Waals surface area contributed by atoms with Crippen LogP contribution >= 0.6 is 0 Å². The predicted octanol–water partition coefficient (Wildman–Crippen LogP) is 1.82. The third kappa shape index (κ3) is 3.50. The van der Waals surface area contributed by atoms with E-state index in [1.54, 1.807) is 6.92 Å². The van der Waals surface area contributed by atoms with Crippen molar-refractivity contribution >= 4 is 12.0 Å². The van der Waals surface area contributed by atoms with E-state index in [-0.39, 0.29) is 5.69 Å². The normalized spacial score (nSPS) is 18.8. The SMILES string of the molecule is CCCN(c1nc(C(=O)OCC)co1)C1CCCNC1. The maximum absolute atomic E-state index is 11.6. The standard InChI is InChI=1S/C14H23N3O3/c1-3-8-17(11-6-5-7-15-9-11)14-16-12(10-20-14)13(18)19-4-2/h10-11,15H,3-9H2,1-2H3. The number of hydrogen-bond acceptors (Lipinski definition) is 6. The Hall–Kier alpha value is -1.56. The lowest BCUT2D eigenvalue weighted by Crippen LogP contribution is -2.46. The van der Waals surface area contributed by atoms with E-state index < -0.39 is 5.97 Å². The highest BCUT2D eigenvalue weighted by Gasteiger charge is 2.25. The van der Waals surface area contributed by atoms with Gasteiger partial charge in [-0.1, -0.05) is 6.92 Å². The molecule has 20 heavy (non-hydrogen) atoms. The third-order valence-corrected chi connectivity index (χ3v) is 3.40. The minimum Gasteiger partial charge on any atom is -0.461 e. The van der Waals surface area contributed by atoms with Gasteiger partial charge >= 0.3 is 5.97 Å². The van der Waals surface area contributed by atoms with Crippen molar-refractivity contribution in [2.24, 2.45) is 0 Å². The van der Waals surface area contributed by atoms with Crippen LogP contribution in [0.15, 0.2) is 10.7 Å². The number of piperidine rings is 1. The largest absolute Gasteiger partial charge is 0.461 e. The number of rotatable bonds is 6. The first kappa shape index (κ1) is 14.8. The Kier molecular flexibility index (Phi) is 5.40. The molecule has 6 nitrogen and oxygen atoms in total. The monoisotopic (exact) mass is 281 g/mol. The molecule has 0 amide bonds. The number of oxazole rings is 1. The van der Waals surface area contributed by atoms with Crippen molar-refractivity contribution in [3.63, 3.8) is 0 Å². The number of ether oxygens (including phenoxy) is 1. The van der Waals surface area contributed by atoms with Gasteiger partial charge in [0.05, 0.1) is 6.61 Å². The molecule has 1 saturated heterocycles. The Bertz CT molecular complexity index is 427. The Morgan fingerprint density at radius 1 is 1.60 bits per heavy atom. The van der Waals surface area contributed by atoms with Gasteiger partial charge in [-0.15, -0.1) is 0 Å². The van der Waals surface area contributed by atoms with E-state index in [2.05, 4.69) is 22.1 Å². The van der Waals surface area contributed by atoms with Crippen molar-refractivity contribution in [1.82, 2.24) is 10.3 Å². The average molecular weight is 281 g/mol. The molecule has 1 aromatic heterocycles. The highest BCUT2D eigenvalue weighted by Crippen LogP contribution is 2.21. The molecule has 0 saturated carbocycles. The minimum atomic E-state index is -0.430. The van der Waals surface area contributed by atoms with Crippen LogP contribution in [0.5, 0.6) is 0 Å². The van der Waals surface area contributed by atoms with Crippen LogP contribution in [0.4, 0.5) is 6.01 Å². The second-order valence-corrected chi connectivity index (χ2v) is 4.93. The molecule has 1 aliphatic rings. The molecule has 0 radical (unpaired) electrons. The molecule has 112 valence electrons. The van der Waals surface area contributed by atoms with Gasteiger partial charge in [-0.3, -0.25) is 0 Å². The average Bonchev–Trinajstić information content (AvgIpc) is 2.95. The summed E-state index contributed by atoms with van der Waals surface area (Å²) in [5.41, 5.74) is 0.242. The van der Waals surface area contributed by atoms with Gasteiger partial charge in [0.2, 0.25) is 0 Å². The number of carbonyl (C=O) groups is 1. The molecular formula is C14H23N3O3. The van der Waals surface area contributed by atoms with Gasteiger partial charge in [0.1, 0.15) is 6.26 Å². The zero-order valence-electron chi connectivity index (χ0n) is 12.2. The second-order valence-electron chi connectivity index (χ2n) is 4.93. The van der Waals surface area contributed by atoms with Gasteiger partial charge in [0.25, 0.3) is 6.01 Å². The van der Waals surface area contributed by atoms with Crippen molar-refractivity contribution in [3.8, 4) is 0 Å². The predicted molar refractivity (Wildman–Crippen MR) is 76.0 cm³/mol. The smallest absolute Gasteiger partial charge is 0.360 e. The van der Waals surface area contributed by atoms with E-state index >= 15 is 0 Å². The van der Waals surface area contributed by atoms with Crippen molar-refractivity contribution in [2.75, 3.05) is 31.1 Å². The van der Waals surface area contributed by atoms with E-state index in [0.717, 1.165) is 38.9 Å². The molecule has 0 aromatic carbocycles. The Labute approximate surface area is 119 Å². The van der Waals surface area contributed by atoms with Crippen LogP contribution < -0.4 is 10.2 Å². The fourth-order valence-electron chi connectivity index (χ4n) is 2.47. The summed E-state index contributed by atoms with van der Waals surface area (Å²) in [6, 6.07) is 0.890. The van der Waals surface area contributed by atoms with Gasteiger partial charge < -0.3 is 19.4 Å². The lowest BCUT2D eigenvalue weighted by atomic mass is 10.1. The zero-order valence-corrected chi connectivity index (χ0v) is 12.2. The number of carbonyl (C=O) groups excluding carboxylic acids is 1. The van der Waals surface area contributed by atoms with Crippen LogP contribution in [0.1, 0.15) is 43.6 Å². The lowest BCUT2D eigenvalue weighted by molar-refractivity contribution is 0.0519. The summed E-state index contributed by atoms with van der Waals surface area (Å²) >= 11 is 0. The van der Waals surface area contributed by atoms with Crippen molar-refractivity contribution in [2.45, 2.75) is 39.2 Å². The number of hydrogen-bond donors (Lipinski definition) is 1. The molecular weight excluding hydrogens is 258 g/mol. The molecule has 2 rings (SSSR count). The molecule has 0 bridgehead atoms. The fourth-order valence-corrected chi connectivity index (χ4v) is 2.47. The zero-order chi connectivity index (χ0) is 14.4. The molecule has 0 spiro atoms. The molecule has 1 unspecified atom stereocenters. The summed E-state index contributed by atoms with van der Waals surface area (Å²) in [4.78, 5) is 18.1. The van der Waals surface area contributed by atoms with Crippen LogP contribution in [-0.4, -0.2) is 43.2 Å². The van der Waals surface area contributed by atoms with Crippen LogP contribution in [0, 0.1) is 0 Å².